The first-order chi connectivity index (χ1) is 14.5. The molecule has 4 aromatic rings. The molecule has 2 heterocycles. The minimum absolute atomic E-state index is 0.177. The molecule has 0 aliphatic rings. The Bertz CT molecular complexity index is 1160. The topological polar surface area (TPSA) is 90.1 Å². The summed E-state index contributed by atoms with van der Waals surface area (Å²) in [5.41, 5.74) is 1.32. The Hall–Kier alpha value is -3.59. The van der Waals surface area contributed by atoms with Crippen LogP contribution in [0.3, 0.4) is 0 Å². The van der Waals surface area contributed by atoms with Crippen LogP contribution >= 0.6 is 11.3 Å². The van der Waals surface area contributed by atoms with Crippen molar-refractivity contribution < 1.29 is 18.4 Å². The maximum atomic E-state index is 13.3. The number of aryl methyl sites for hydroxylation is 1. The average Bonchev–Trinajstić information content (AvgIpc) is 3.35. The number of anilines is 1. The molecule has 0 fully saturated rings. The second-order valence-corrected chi connectivity index (χ2v) is 7.55. The van der Waals surface area contributed by atoms with E-state index < -0.39 is 0 Å². The van der Waals surface area contributed by atoms with E-state index in [2.05, 4.69) is 20.4 Å². The summed E-state index contributed by atoms with van der Waals surface area (Å²) >= 11 is 1.35. The van der Waals surface area contributed by atoms with Gasteiger partial charge in [0.2, 0.25) is 11.7 Å². The number of ether oxygens (including phenoxy) is 1. The van der Waals surface area contributed by atoms with Crippen LogP contribution in [-0.2, 0) is 13.0 Å². The predicted molar refractivity (Wildman–Crippen MR) is 109 cm³/mol. The lowest BCUT2D eigenvalue weighted by atomic mass is 10.1. The van der Waals surface area contributed by atoms with Gasteiger partial charge in [0, 0.05) is 30.0 Å². The predicted octanol–water partition coefficient (Wildman–Crippen LogP) is 4.40. The minimum atomic E-state index is -0.276. The molecule has 0 atom stereocenters. The molecule has 0 radical (unpaired) electrons. The largest absolute Gasteiger partial charge is 0.485 e. The number of carbonyl (C=O) groups is 1. The fraction of sp³-hybridized carbons (Fsp3) is 0.143. The number of aromatic nitrogens is 3. The number of thiazole rings is 1. The lowest BCUT2D eigenvalue weighted by Gasteiger charge is -2.05. The molecule has 0 aliphatic heterocycles. The number of benzene rings is 2. The zero-order valence-corrected chi connectivity index (χ0v) is 16.8. The maximum Gasteiger partial charge on any atom is 0.257 e. The third-order valence-electron chi connectivity index (χ3n) is 4.10. The zero-order valence-electron chi connectivity index (χ0n) is 16.0. The third kappa shape index (κ3) is 5.06. The molecule has 2 aromatic carbocycles. The highest BCUT2D eigenvalue weighted by Gasteiger charge is 2.11. The number of halogens is 1. The molecule has 0 spiro atoms. The van der Waals surface area contributed by atoms with Crippen molar-refractivity contribution >= 4 is 22.4 Å². The molecular formula is C21H17FN4O3S. The SMILES string of the molecule is Cc1nc(COc2ccc(C(=O)Nc3ncc(Cc4cccc(F)c4)s3)cc2)no1. The molecule has 1 N–H and O–H groups in total. The fourth-order valence-corrected chi connectivity index (χ4v) is 3.56. The van der Waals surface area contributed by atoms with Gasteiger partial charge in [0.15, 0.2) is 11.7 Å². The van der Waals surface area contributed by atoms with Gasteiger partial charge in [-0.25, -0.2) is 9.37 Å². The Balaban J connectivity index is 1.33. The molecule has 0 aliphatic carbocycles. The lowest BCUT2D eigenvalue weighted by Crippen LogP contribution is -2.11. The van der Waals surface area contributed by atoms with Crippen LogP contribution in [0.4, 0.5) is 9.52 Å². The lowest BCUT2D eigenvalue weighted by molar-refractivity contribution is 0.102. The Morgan fingerprint density at radius 1 is 1.23 bits per heavy atom. The first-order valence-electron chi connectivity index (χ1n) is 9.08. The second-order valence-electron chi connectivity index (χ2n) is 6.44. The van der Waals surface area contributed by atoms with Crippen molar-refractivity contribution in [1.82, 2.24) is 15.1 Å². The van der Waals surface area contributed by atoms with Crippen LogP contribution in [0.25, 0.3) is 0 Å². The summed E-state index contributed by atoms with van der Waals surface area (Å²) < 4.78 is 23.8. The van der Waals surface area contributed by atoms with Gasteiger partial charge in [-0.3, -0.25) is 10.1 Å². The summed E-state index contributed by atoms with van der Waals surface area (Å²) in [5, 5.41) is 7.02. The Labute approximate surface area is 175 Å². The number of hydrogen-bond acceptors (Lipinski definition) is 7. The van der Waals surface area contributed by atoms with Gasteiger partial charge in [-0.1, -0.05) is 17.3 Å². The van der Waals surface area contributed by atoms with Crippen LogP contribution in [0.2, 0.25) is 0 Å². The van der Waals surface area contributed by atoms with Gasteiger partial charge in [-0.2, -0.15) is 4.98 Å². The van der Waals surface area contributed by atoms with Crippen LogP contribution in [0.15, 0.2) is 59.3 Å². The zero-order chi connectivity index (χ0) is 20.9. The van der Waals surface area contributed by atoms with Gasteiger partial charge in [0.25, 0.3) is 5.91 Å². The van der Waals surface area contributed by atoms with Crippen molar-refractivity contribution in [1.29, 1.82) is 0 Å². The van der Waals surface area contributed by atoms with Crippen molar-refractivity contribution in [3.05, 3.63) is 88.3 Å². The first kappa shape index (κ1) is 19.7. The normalized spacial score (nSPS) is 10.7. The molecule has 0 saturated carbocycles. The molecular weight excluding hydrogens is 407 g/mol. The third-order valence-corrected chi connectivity index (χ3v) is 5.01. The first-order valence-corrected chi connectivity index (χ1v) is 9.89. The Kier molecular flexibility index (Phi) is 5.80. The van der Waals surface area contributed by atoms with E-state index >= 15 is 0 Å². The molecule has 4 rings (SSSR count). The minimum Gasteiger partial charge on any atom is -0.485 e. The quantitative estimate of drug-likeness (QED) is 0.473. The summed E-state index contributed by atoms with van der Waals surface area (Å²) in [6, 6.07) is 13.1. The molecule has 152 valence electrons. The van der Waals surface area contributed by atoms with Gasteiger partial charge < -0.3 is 9.26 Å². The average molecular weight is 424 g/mol. The summed E-state index contributed by atoms with van der Waals surface area (Å²) in [7, 11) is 0. The molecule has 0 unspecified atom stereocenters. The summed E-state index contributed by atoms with van der Waals surface area (Å²) in [4.78, 5) is 21.7. The van der Waals surface area contributed by atoms with E-state index in [1.807, 2.05) is 6.07 Å². The van der Waals surface area contributed by atoms with E-state index in [9.17, 15) is 9.18 Å². The van der Waals surface area contributed by atoms with Gasteiger partial charge in [0.05, 0.1) is 0 Å². The van der Waals surface area contributed by atoms with Gasteiger partial charge >= 0.3 is 0 Å². The summed E-state index contributed by atoms with van der Waals surface area (Å²) in [6.07, 6.45) is 2.24. The van der Waals surface area contributed by atoms with E-state index in [0.717, 1.165) is 10.4 Å². The highest BCUT2D eigenvalue weighted by molar-refractivity contribution is 7.15. The van der Waals surface area contributed by atoms with E-state index in [1.54, 1.807) is 43.5 Å². The van der Waals surface area contributed by atoms with Crippen molar-refractivity contribution in [3.63, 3.8) is 0 Å². The van der Waals surface area contributed by atoms with Crippen LogP contribution in [0.5, 0.6) is 5.75 Å². The van der Waals surface area contributed by atoms with Crippen LogP contribution in [0.1, 0.15) is 32.5 Å². The van der Waals surface area contributed by atoms with Crippen LogP contribution in [0, 0.1) is 12.7 Å². The number of nitrogens with zero attached hydrogens (tertiary/aromatic N) is 3. The molecule has 1 amide bonds. The van der Waals surface area contributed by atoms with E-state index in [1.165, 1.54) is 23.5 Å². The van der Waals surface area contributed by atoms with Gasteiger partial charge in [-0.05, 0) is 42.0 Å². The van der Waals surface area contributed by atoms with Crippen molar-refractivity contribution in [2.24, 2.45) is 0 Å². The number of nitrogens with one attached hydrogen (secondary N) is 1. The number of hydrogen-bond donors (Lipinski definition) is 1. The Morgan fingerprint density at radius 2 is 2.07 bits per heavy atom. The molecule has 9 heteroatoms. The van der Waals surface area contributed by atoms with Crippen LogP contribution in [-0.4, -0.2) is 21.0 Å². The summed E-state index contributed by atoms with van der Waals surface area (Å²) in [5.74, 6) is 0.960. The van der Waals surface area contributed by atoms with Gasteiger partial charge in [0.1, 0.15) is 11.6 Å². The van der Waals surface area contributed by atoms with E-state index in [0.29, 0.717) is 34.6 Å². The molecule has 0 saturated heterocycles. The Morgan fingerprint density at radius 3 is 2.80 bits per heavy atom. The highest BCUT2D eigenvalue weighted by atomic mass is 32.1. The smallest absolute Gasteiger partial charge is 0.257 e. The van der Waals surface area contributed by atoms with Crippen molar-refractivity contribution in [3.8, 4) is 5.75 Å². The summed E-state index contributed by atoms with van der Waals surface area (Å²) in [6.45, 7) is 1.88. The second kappa shape index (κ2) is 8.83. The number of amides is 1. The van der Waals surface area contributed by atoms with E-state index in [4.69, 9.17) is 9.26 Å². The number of carbonyl (C=O) groups excluding carboxylic acids is 1. The molecule has 0 bridgehead atoms. The molecule has 2 aromatic heterocycles. The highest BCUT2D eigenvalue weighted by Crippen LogP contribution is 2.22. The number of rotatable bonds is 7. The van der Waals surface area contributed by atoms with E-state index in [-0.39, 0.29) is 18.3 Å². The van der Waals surface area contributed by atoms with Crippen molar-refractivity contribution in [2.75, 3.05) is 5.32 Å². The standard InChI is InChI=1S/C21H17FN4O3S/c1-13-24-19(26-29-13)12-28-17-7-5-15(6-8-17)20(27)25-21-23-11-18(30-21)10-14-3-2-4-16(22)9-14/h2-9,11H,10,12H2,1H3,(H,23,25,27). The molecule has 7 nitrogen and oxygen atoms in total. The van der Waals surface area contributed by atoms with Gasteiger partial charge in [-0.15, -0.1) is 11.3 Å². The molecule has 30 heavy (non-hydrogen) atoms. The fourth-order valence-electron chi connectivity index (χ4n) is 2.71. The van der Waals surface area contributed by atoms with Crippen LogP contribution < -0.4 is 10.1 Å². The maximum absolute atomic E-state index is 13.3. The van der Waals surface area contributed by atoms with Crippen molar-refractivity contribution in [2.45, 2.75) is 20.0 Å². The monoisotopic (exact) mass is 424 g/mol.